The second kappa shape index (κ2) is 4.47. The van der Waals surface area contributed by atoms with E-state index >= 15 is 0 Å². The van der Waals surface area contributed by atoms with Crippen LogP contribution in [0.25, 0.3) is 0 Å². The highest BCUT2D eigenvalue weighted by Crippen LogP contribution is 2.23. The average Bonchev–Trinajstić information content (AvgIpc) is 2.64. The van der Waals surface area contributed by atoms with Gasteiger partial charge < -0.3 is 15.9 Å². The summed E-state index contributed by atoms with van der Waals surface area (Å²) in [5, 5.41) is 18.7. The van der Waals surface area contributed by atoms with Crippen LogP contribution < -0.4 is 5.73 Å². The van der Waals surface area contributed by atoms with Crippen molar-refractivity contribution in [3.05, 3.63) is 24.0 Å². The molecule has 2 rings (SSSR count). The van der Waals surface area contributed by atoms with E-state index in [9.17, 15) is 23.0 Å². The Balaban J connectivity index is 2.34. The van der Waals surface area contributed by atoms with Gasteiger partial charge in [0.1, 0.15) is 5.82 Å². The van der Waals surface area contributed by atoms with Gasteiger partial charge in [0.2, 0.25) is 10.0 Å². The van der Waals surface area contributed by atoms with Crippen molar-refractivity contribution in [2.45, 2.75) is 17.1 Å². The predicted octanol–water partition coefficient (Wildman–Crippen LogP) is -0.866. The van der Waals surface area contributed by atoms with Crippen molar-refractivity contribution in [2.24, 2.45) is 0 Å². The Kier molecular flexibility index (Phi) is 3.28. The van der Waals surface area contributed by atoms with E-state index in [4.69, 9.17) is 5.73 Å². The maximum absolute atomic E-state index is 13.2. The molecule has 2 unspecified atom stereocenters. The maximum Gasteiger partial charge on any atom is 0.243 e. The Morgan fingerprint density at radius 2 is 1.83 bits per heavy atom. The monoisotopic (exact) mass is 276 g/mol. The zero-order valence-corrected chi connectivity index (χ0v) is 10.1. The molecule has 8 heteroatoms. The molecule has 0 amide bonds. The molecular formula is C10H13FN2O4S. The van der Waals surface area contributed by atoms with Crippen molar-refractivity contribution in [1.82, 2.24) is 4.31 Å². The molecule has 0 aromatic heterocycles. The van der Waals surface area contributed by atoms with Gasteiger partial charge in [0.25, 0.3) is 0 Å². The first-order valence-electron chi connectivity index (χ1n) is 5.23. The number of benzene rings is 1. The molecule has 1 aliphatic heterocycles. The van der Waals surface area contributed by atoms with Gasteiger partial charge in [-0.2, -0.15) is 4.31 Å². The molecule has 2 atom stereocenters. The SMILES string of the molecule is Nc1ccc(S(=O)(=O)N2CC(O)C(O)C2)cc1F. The van der Waals surface area contributed by atoms with Gasteiger partial charge in [-0.1, -0.05) is 0 Å². The van der Waals surface area contributed by atoms with Gasteiger partial charge in [0.05, 0.1) is 22.8 Å². The molecule has 1 aromatic rings. The third-order valence-electron chi connectivity index (χ3n) is 2.84. The third kappa shape index (κ3) is 2.19. The summed E-state index contributed by atoms with van der Waals surface area (Å²) < 4.78 is 38.3. The van der Waals surface area contributed by atoms with Crippen LogP contribution in [0.15, 0.2) is 23.1 Å². The summed E-state index contributed by atoms with van der Waals surface area (Å²) >= 11 is 0. The lowest BCUT2D eigenvalue weighted by Gasteiger charge is -2.15. The molecule has 1 saturated heterocycles. The quantitative estimate of drug-likeness (QED) is 0.609. The number of nitrogens with two attached hydrogens (primary N) is 1. The van der Waals surface area contributed by atoms with E-state index in [2.05, 4.69) is 0 Å². The molecule has 0 radical (unpaired) electrons. The van der Waals surface area contributed by atoms with E-state index in [1.54, 1.807) is 0 Å². The van der Waals surface area contributed by atoms with E-state index in [1.165, 1.54) is 6.07 Å². The number of hydrogen-bond acceptors (Lipinski definition) is 5. The van der Waals surface area contributed by atoms with E-state index in [0.717, 1.165) is 16.4 Å². The maximum atomic E-state index is 13.2. The molecule has 0 aliphatic carbocycles. The van der Waals surface area contributed by atoms with Gasteiger partial charge in [0.15, 0.2) is 0 Å². The fourth-order valence-electron chi connectivity index (χ4n) is 1.75. The number of nitrogen functional groups attached to an aromatic ring is 1. The minimum Gasteiger partial charge on any atom is -0.396 e. The standard InChI is InChI=1S/C10H13FN2O4S/c11-7-3-6(1-2-8(7)12)18(16,17)13-4-9(14)10(15)5-13/h1-3,9-10,14-15H,4-5,12H2. The Hall–Kier alpha value is -1.22. The van der Waals surface area contributed by atoms with Gasteiger partial charge in [-0.3, -0.25) is 0 Å². The summed E-state index contributed by atoms with van der Waals surface area (Å²) in [7, 11) is -3.93. The van der Waals surface area contributed by atoms with Crippen molar-refractivity contribution in [3.8, 4) is 0 Å². The van der Waals surface area contributed by atoms with Crippen LogP contribution in [0.4, 0.5) is 10.1 Å². The van der Waals surface area contributed by atoms with Gasteiger partial charge in [-0.15, -0.1) is 0 Å². The minimum atomic E-state index is -3.93. The molecule has 1 aliphatic rings. The van der Waals surface area contributed by atoms with Crippen molar-refractivity contribution < 1.29 is 23.0 Å². The number of rotatable bonds is 2. The molecular weight excluding hydrogens is 263 g/mol. The summed E-state index contributed by atoms with van der Waals surface area (Å²) in [5.74, 6) is -0.823. The molecule has 0 spiro atoms. The second-order valence-corrected chi connectivity index (χ2v) is 6.08. The van der Waals surface area contributed by atoms with Gasteiger partial charge in [0, 0.05) is 13.1 Å². The summed E-state index contributed by atoms with van der Waals surface area (Å²) in [6.45, 7) is -0.426. The van der Waals surface area contributed by atoms with Crippen LogP contribution in [0.2, 0.25) is 0 Å². The molecule has 6 nitrogen and oxygen atoms in total. The Morgan fingerprint density at radius 3 is 2.33 bits per heavy atom. The lowest BCUT2D eigenvalue weighted by atomic mass is 10.3. The topological polar surface area (TPSA) is 104 Å². The van der Waals surface area contributed by atoms with Crippen molar-refractivity contribution >= 4 is 15.7 Å². The number of β-amino-alcohol motifs (C(OH)–C–C–N with tert-alkyl or cyclic N) is 2. The summed E-state index contributed by atoms with van der Waals surface area (Å²) in [5.41, 5.74) is 5.12. The first-order valence-corrected chi connectivity index (χ1v) is 6.67. The molecule has 0 bridgehead atoms. The summed E-state index contributed by atoms with van der Waals surface area (Å²) in [4.78, 5) is -0.254. The molecule has 1 heterocycles. The lowest BCUT2D eigenvalue weighted by Crippen LogP contribution is -2.30. The number of sulfonamides is 1. The first-order chi connectivity index (χ1) is 8.32. The highest BCUT2D eigenvalue weighted by Gasteiger charge is 2.37. The van der Waals surface area contributed by atoms with Crippen LogP contribution in [-0.2, 0) is 10.0 Å². The number of nitrogens with zero attached hydrogens (tertiary/aromatic N) is 1. The number of anilines is 1. The van der Waals surface area contributed by atoms with Gasteiger partial charge >= 0.3 is 0 Å². The molecule has 18 heavy (non-hydrogen) atoms. The summed E-state index contributed by atoms with van der Waals surface area (Å²) in [6, 6.07) is 3.16. The normalized spacial score (nSPS) is 25.5. The van der Waals surface area contributed by atoms with E-state index in [1.807, 2.05) is 0 Å². The average molecular weight is 276 g/mol. The largest absolute Gasteiger partial charge is 0.396 e. The van der Waals surface area contributed by atoms with E-state index in [-0.39, 0.29) is 23.7 Å². The smallest absolute Gasteiger partial charge is 0.243 e. The van der Waals surface area contributed by atoms with E-state index in [0.29, 0.717) is 0 Å². The second-order valence-electron chi connectivity index (χ2n) is 4.14. The fraction of sp³-hybridized carbons (Fsp3) is 0.400. The fourth-order valence-corrected chi connectivity index (χ4v) is 3.24. The van der Waals surface area contributed by atoms with Crippen molar-refractivity contribution in [1.29, 1.82) is 0 Å². The van der Waals surface area contributed by atoms with Gasteiger partial charge in [-0.25, -0.2) is 12.8 Å². The predicted molar refractivity (Wildman–Crippen MR) is 61.6 cm³/mol. The minimum absolute atomic E-state index is 0.143. The third-order valence-corrected chi connectivity index (χ3v) is 4.66. The Bertz CT molecular complexity index is 553. The molecule has 4 N–H and O–H groups in total. The highest BCUT2D eigenvalue weighted by molar-refractivity contribution is 7.89. The van der Waals surface area contributed by atoms with Crippen LogP contribution in [0.3, 0.4) is 0 Å². The number of hydrogen-bond donors (Lipinski definition) is 3. The molecule has 100 valence electrons. The zero-order chi connectivity index (χ0) is 13.5. The van der Waals surface area contributed by atoms with Crippen molar-refractivity contribution in [3.63, 3.8) is 0 Å². The number of halogens is 1. The van der Waals surface area contributed by atoms with Crippen LogP contribution in [0, 0.1) is 5.82 Å². The van der Waals surface area contributed by atoms with Gasteiger partial charge in [-0.05, 0) is 18.2 Å². The Labute approximate surface area is 103 Å². The number of aliphatic hydroxyl groups excluding tert-OH is 2. The summed E-state index contributed by atoms with van der Waals surface area (Å²) in [6.07, 6.45) is -2.25. The molecule has 1 aromatic carbocycles. The Morgan fingerprint density at radius 1 is 1.28 bits per heavy atom. The highest BCUT2D eigenvalue weighted by atomic mass is 32.2. The van der Waals surface area contributed by atoms with Crippen LogP contribution >= 0.6 is 0 Å². The van der Waals surface area contributed by atoms with Crippen molar-refractivity contribution in [2.75, 3.05) is 18.8 Å². The molecule has 1 fully saturated rings. The van der Waals surface area contributed by atoms with Crippen LogP contribution in [0.5, 0.6) is 0 Å². The van der Waals surface area contributed by atoms with E-state index < -0.39 is 28.0 Å². The molecule has 0 saturated carbocycles. The zero-order valence-electron chi connectivity index (χ0n) is 9.32. The first kappa shape index (κ1) is 13.2. The van der Waals surface area contributed by atoms with Crippen LogP contribution in [0.1, 0.15) is 0 Å². The van der Waals surface area contributed by atoms with Crippen LogP contribution in [-0.4, -0.2) is 48.2 Å². The lowest BCUT2D eigenvalue weighted by molar-refractivity contribution is 0.0572. The number of aliphatic hydroxyl groups is 2.